The molecule has 15 nitrogen and oxygen atoms in total. The van der Waals surface area contributed by atoms with E-state index in [-0.39, 0.29) is 11.2 Å². The van der Waals surface area contributed by atoms with Crippen LogP contribution in [0.2, 0.25) is 0 Å². The molecule has 1 fully saturated rings. The van der Waals surface area contributed by atoms with Gasteiger partial charge in [-0.3, -0.25) is 38.6 Å². The molecule has 0 spiro atoms. The fraction of sp³-hybridized carbons (Fsp3) is 0.0606. The van der Waals surface area contributed by atoms with Crippen molar-refractivity contribution in [1.29, 1.82) is 0 Å². The molecule has 1 aliphatic heterocycles. The summed E-state index contributed by atoms with van der Waals surface area (Å²) in [5.74, 6) is 2.44. The maximum atomic E-state index is 6.15. The van der Waals surface area contributed by atoms with Crippen molar-refractivity contribution in [3.8, 4) is 96.4 Å². The second kappa shape index (κ2) is 34.8. The molecule has 0 aliphatic carbocycles. The first kappa shape index (κ1) is 77.6. The molecular formula is C99H75BBr2IN13O2. The van der Waals surface area contributed by atoms with Gasteiger partial charge in [-0.25, -0.2) is 19.9 Å². The Morgan fingerprint density at radius 3 is 0.949 bits per heavy atom. The minimum absolute atomic E-state index is 0.377. The molecule has 118 heavy (non-hydrogen) atoms. The Morgan fingerprint density at radius 1 is 0.288 bits per heavy atom. The largest absolute Gasteiger partial charge is 0.496 e. The lowest BCUT2D eigenvalue weighted by Crippen LogP contribution is -2.41. The van der Waals surface area contributed by atoms with E-state index in [0.29, 0.717) is 0 Å². The van der Waals surface area contributed by atoms with Crippen LogP contribution in [0.3, 0.4) is 0 Å². The zero-order valence-corrected chi connectivity index (χ0v) is 70.0. The topological polar surface area (TPSA) is 152 Å². The zero-order valence-electron chi connectivity index (χ0n) is 64.7. The van der Waals surface area contributed by atoms with E-state index >= 15 is 0 Å². The van der Waals surface area contributed by atoms with Gasteiger partial charge in [-0.2, -0.15) is 0 Å². The van der Waals surface area contributed by atoms with Crippen molar-refractivity contribution in [1.82, 2.24) is 58.6 Å². The number of anilines is 3. The van der Waals surface area contributed by atoms with E-state index in [1.165, 1.54) is 5.56 Å². The van der Waals surface area contributed by atoms with Crippen molar-refractivity contribution < 1.29 is 9.31 Å². The van der Waals surface area contributed by atoms with Gasteiger partial charge < -0.3 is 14.2 Å². The van der Waals surface area contributed by atoms with E-state index in [1.807, 2.05) is 201 Å². The highest BCUT2D eigenvalue weighted by molar-refractivity contribution is 14.1. The van der Waals surface area contributed by atoms with E-state index < -0.39 is 7.12 Å². The SMILES string of the molecule is Brc1ccc(-c2ccc(-c3nc4ccccc4n3-c3ccccc3)nc2)nc1.Brc1ccc(I)nc1.CC1(C)OB(c2ccc(-c3nc4ccccc4n3-c3ccccc3)nc2)OC1(C)C.c1ccc(N(c2ccccc2)c2ccc(-c3ccc(-c4ccc(-c5ccc(-c6nc7ccccc7n6-c6ccccc6)nc5)nc4)cc3)cc2)cc1. The first-order valence-corrected chi connectivity index (χ1v) is 41.2. The second-order valence-electron chi connectivity index (χ2n) is 28.9. The summed E-state index contributed by atoms with van der Waals surface area (Å²) in [6.45, 7) is 8.21. The van der Waals surface area contributed by atoms with Gasteiger partial charge in [0.25, 0.3) is 0 Å². The highest BCUT2D eigenvalue weighted by Gasteiger charge is 2.52. The quantitative estimate of drug-likeness (QED) is 0.0579. The molecule has 10 aromatic carbocycles. The van der Waals surface area contributed by atoms with Gasteiger partial charge in [-0.1, -0.05) is 176 Å². The van der Waals surface area contributed by atoms with Gasteiger partial charge in [0, 0.05) is 102 Å². The Balaban J connectivity index is 0.000000128. The summed E-state index contributed by atoms with van der Waals surface area (Å²) >= 11 is 8.86. The lowest BCUT2D eigenvalue weighted by molar-refractivity contribution is 0.00578. The van der Waals surface area contributed by atoms with E-state index in [1.54, 1.807) is 12.4 Å². The number of hydrogen-bond acceptors (Lipinski definition) is 12. The Labute approximate surface area is 715 Å². The van der Waals surface area contributed by atoms with Crippen LogP contribution >= 0.6 is 54.5 Å². The average Bonchev–Trinajstić information content (AvgIpc) is 1.62. The van der Waals surface area contributed by atoms with Gasteiger partial charge in [-0.05, 0) is 269 Å². The number of hydrogen-bond donors (Lipinski definition) is 0. The summed E-state index contributed by atoms with van der Waals surface area (Å²) in [6.07, 6.45) is 11.1. The van der Waals surface area contributed by atoms with Crippen LogP contribution in [0.1, 0.15) is 27.7 Å². The number of imidazole rings is 3. The van der Waals surface area contributed by atoms with Gasteiger partial charge in [0.15, 0.2) is 17.5 Å². The third-order valence-corrected chi connectivity index (χ3v) is 22.3. The summed E-state index contributed by atoms with van der Waals surface area (Å²) in [7, 11) is -0.426. The zero-order chi connectivity index (χ0) is 80.5. The molecular weight excluding hydrogens is 1700 g/mol. The fourth-order valence-electron chi connectivity index (χ4n) is 14.0. The summed E-state index contributed by atoms with van der Waals surface area (Å²) in [5, 5.41) is 0. The molecule has 19 aromatic rings. The summed E-state index contributed by atoms with van der Waals surface area (Å²) in [5.41, 5.74) is 23.3. The van der Waals surface area contributed by atoms with Gasteiger partial charge >= 0.3 is 7.12 Å². The van der Waals surface area contributed by atoms with Crippen LogP contribution < -0.4 is 10.4 Å². The molecule has 0 atom stereocenters. The summed E-state index contributed by atoms with van der Waals surface area (Å²) in [6, 6.07) is 118. The molecule has 20 rings (SSSR count). The minimum Gasteiger partial charge on any atom is -0.399 e. The Morgan fingerprint density at radius 2 is 0.593 bits per heavy atom. The average molecular weight is 1780 g/mol. The van der Waals surface area contributed by atoms with Gasteiger partial charge in [0.1, 0.15) is 20.8 Å². The molecule has 0 N–H and O–H groups in total. The van der Waals surface area contributed by atoms with Crippen molar-refractivity contribution in [2.24, 2.45) is 0 Å². The van der Waals surface area contributed by atoms with Crippen molar-refractivity contribution in [3.63, 3.8) is 0 Å². The van der Waals surface area contributed by atoms with Crippen molar-refractivity contribution in [3.05, 3.63) is 396 Å². The predicted molar refractivity (Wildman–Crippen MR) is 493 cm³/mol. The van der Waals surface area contributed by atoms with Crippen LogP contribution in [0, 0.1) is 3.70 Å². The third kappa shape index (κ3) is 17.0. The molecule has 0 saturated carbocycles. The summed E-state index contributed by atoms with van der Waals surface area (Å²) < 4.78 is 21.8. The van der Waals surface area contributed by atoms with Gasteiger partial charge in [-0.15, -0.1) is 0 Å². The molecule has 19 heteroatoms. The minimum atomic E-state index is -0.426. The standard InChI is InChI=1S/C47H33N5.C24H24BN3O2.C23H15BrN4.C5H3BrIN/c1-4-12-39(13-5-1)51(40-14-6-2-7-15-40)42-28-24-35(25-29-42)34-20-22-36(23-21-34)37-26-30-43(48-32-37)38-27-31-45(49-33-38)47-50-44-18-10-11-19-46(44)52(47)41-16-8-3-9-17-41;1-23(2)24(3,4)30-25(29-23)17-14-15-20(26-16-17)22-27-19-12-8-9-13-21(19)28(22)18-10-6-5-7-11-18;24-17-11-13-19(26-15-17)16-10-12-21(25-14-16)23-27-20-8-4-5-9-22(20)28(23)18-6-2-1-3-7-18;6-4-1-2-5(7)8-3-4/h1-33H;5-16H,1-4H3;1-15H;1-3H. The molecule has 0 bridgehead atoms. The second-order valence-corrected chi connectivity index (χ2v) is 31.9. The number of para-hydroxylation sites is 11. The molecule has 1 saturated heterocycles. The number of benzene rings is 10. The van der Waals surface area contributed by atoms with Gasteiger partial charge in [0.05, 0.1) is 55.7 Å². The number of nitrogens with zero attached hydrogens (tertiary/aromatic N) is 13. The number of pyridine rings is 6. The van der Waals surface area contributed by atoms with Crippen molar-refractivity contribution in [2.45, 2.75) is 38.9 Å². The normalized spacial score (nSPS) is 12.6. The van der Waals surface area contributed by atoms with Crippen molar-refractivity contribution >= 4 is 117 Å². The fourth-order valence-corrected chi connectivity index (χ4v) is 14.8. The van der Waals surface area contributed by atoms with Crippen LogP contribution in [0.4, 0.5) is 17.1 Å². The number of aromatic nitrogens is 12. The van der Waals surface area contributed by atoms with Crippen LogP contribution in [-0.2, 0) is 9.31 Å². The van der Waals surface area contributed by atoms with Gasteiger partial charge in [0.2, 0.25) is 0 Å². The number of halogens is 3. The molecule has 0 unspecified atom stereocenters. The molecule has 0 radical (unpaired) electrons. The van der Waals surface area contributed by atoms with Crippen LogP contribution in [-0.4, -0.2) is 76.9 Å². The number of rotatable bonds is 14. The van der Waals surface area contributed by atoms with E-state index in [0.717, 1.165) is 159 Å². The van der Waals surface area contributed by atoms with Crippen LogP contribution in [0.25, 0.3) is 129 Å². The van der Waals surface area contributed by atoms with E-state index in [9.17, 15) is 0 Å². The lowest BCUT2D eigenvalue weighted by Gasteiger charge is -2.32. The number of fused-ring (bicyclic) bond motifs is 3. The predicted octanol–water partition coefficient (Wildman–Crippen LogP) is 24.7. The lowest BCUT2D eigenvalue weighted by atomic mass is 9.80. The molecule has 10 heterocycles. The van der Waals surface area contributed by atoms with Crippen LogP contribution in [0.15, 0.2) is 392 Å². The molecule has 572 valence electrons. The molecule has 0 amide bonds. The smallest absolute Gasteiger partial charge is 0.399 e. The highest BCUT2D eigenvalue weighted by atomic mass is 127. The van der Waals surface area contributed by atoms with E-state index in [4.69, 9.17) is 44.2 Å². The first-order chi connectivity index (χ1) is 57.7. The van der Waals surface area contributed by atoms with Crippen molar-refractivity contribution in [2.75, 3.05) is 4.90 Å². The summed E-state index contributed by atoms with van der Waals surface area (Å²) in [4.78, 5) is 44.5. The Kier molecular flexibility index (Phi) is 22.9. The maximum Gasteiger partial charge on any atom is 0.496 e. The maximum absolute atomic E-state index is 6.15. The van der Waals surface area contributed by atoms with Crippen LogP contribution in [0.5, 0.6) is 0 Å². The molecule has 9 aromatic heterocycles. The molecule has 1 aliphatic rings. The monoisotopic (exact) mass is 1770 g/mol. The Bertz CT molecular complexity index is 6520. The first-order valence-electron chi connectivity index (χ1n) is 38.5. The van der Waals surface area contributed by atoms with E-state index in [2.05, 4.69) is 281 Å². The highest BCUT2D eigenvalue weighted by Crippen LogP contribution is 2.40. The third-order valence-electron chi connectivity index (χ3n) is 20.7. The Hall–Kier alpha value is -13.0.